The van der Waals surface area contributed by atoms with Gasteiger partial charge in [-0.2, -0.15) is 4.52 Å². The van der Waals surface area contributed by atoms with Crippen molar-refractivity contribution in [3.63, 3.8) is 0 Å². The number of carbonyl (C=O) groups is 1. The summed E-state index contributed by atoms with van der Waals surface area (Å²) in [5.41, 5.74) is 2.11. The van der Waals surface area contributed by atoms with Crippen LogP contribution in [0.2, 0.25) is 0 Å². The number of hydrogen-bond donors (Lipinski definition) is 1. The minimum Gasteiger partial charge on any atom is -0.379 e. The molecule has 0 spiro atoms. The number of nitrogens with zero attached hydrogens (tertiary/aromatic N) is 5. The Labute approximate surface area is 160 Å². The molecule has 1 N–H and O–H groups in total. The Morgan fingerprint density at radius 2 is 2.11 bits per heavy atom. The summed E-state index contributed by atoms with van der Waals surface area (Å²) < 4.78 is 7.06. The summed E-state index contributed by atoms with van der Waals surface area (Å²) in [5.74, 6) is 0.746. The van der Waals surface area contributed by atoms with Crippen LogP contribution < -0.4 is 5.32 Å². The summed E-state index contributed by atoms with van der Waals surface area (Å²) in [5, 5.41) is 8.46. The molecule has 142 valence electrons. The van der Waals surface area contributed by atoms with Crippen LogP contribution in [-0.4, -0.2) is 69.8 Å². The zero-order valence-corrected chi connectivity index (χ0v) is 16.1. The third-order valence-corrected chi connectivity index (χ3v) is 6.51. The van der Waals surface area contributed by atoms with E-state index in [0.29, 0.717) is 6.54 Å². The molecule has 9 heteroatoms. The molecule has 0 atom stereocenters. The van der Waals surface area contributed by atoms with Crippen LogP contribution in [0.4, 0.5) is 0 Å². The lowest BCUT2D eigenvalue weighted by molar-refractivity contribution is 0.0383. The van der Waals surface area contributed by atoms with Crippen LogP contribution in [0.1, 0.15) is 33.3 Å². The van der Waals surface area contributed by atoms with Crippen molar-refractivity contribution in [2.75, 3.05) is 39.4 Å². The number of carbonyl (C=O) groups excluding carboxylic acids is 1. The molecule has 0 aromatic carbocycles. The molecule has 1 aliphatic heterocycles. The molecule has 4 heterocycles. The summed E-state index contributed by atoms with van der Waals surface area (Å²) in [6, 6.07) is 0. The zero-order valence-electron chi connectivity index (χ0n) is 15.3. The standard InChI is InChI=1S/C18H22N6O2S/c1-11-20-18-14(12-3-2-4-13(12)27-18)16-21-15(22-24(11)16)17(25)19-5-6-23-7-9-26-10-8-23/h2-10H2,1H3,(H,19,25). The number of aromatic nitrogens is 4. The first-order valence-electron chi connectivity index (χ1n) is 9.46. The van der Waals surface area contributed by atoms with Gasteiger partial charge >= 0.3 is 0 Å². The zero-order chi connectivity index (χ0) is 18.4. The molecule has 2 aliphatic rings. The normalized spacial score (nSPS) is 17.7. The number of rotatable bonds is 4. The number of fused-ring (bicyclic) bond motifs is 5. The minimum absolute atomic E-state index is 0.215. The Kier molecular flexibility index (Phi) is 4.30. The molecule has 0 bridgehead atoms. The molecule has 1 amide bonds. The predicted molar refractivity (Wildman–Crippen MR) is 103 cm³/mol. The average Bonchev–Trinajstić information content (AvgIpc) is 3.36. The third-order valence-electron chi connectivity index (χ3n) is 5.32. The third kappa shape index (κ3) is 2.99. The van der Waals surface area contributed by atoms with Gasteiger partial charge in [0.1, 0.15) is 10.7 Å². The molecule has 0 unspecified atom stereocenters. The van der Waals surface area contributed by atoms with Crippen LogP contribution in [0.5, 0.6) is 0 Å². The van der Waals surface area contributed by atoms with Gasteiger partial charge in [-0.05, 0) is 31.7 Å². The van der Waals surface area contributed by atoms with Crippen LogP contribution in [0, 0.1) is 6.92 Å². The van der Waals surface area contributed by atoms with Gasteiger partial charge in [0, 0.05) is 31.1 Å². The maximum Gasteiger partial charge on any atom is 0.291 e. The molecule has 3 aromatic heterocycles. The van der Waals surface area contributed by atoms with Crippen LogP contribution in [0.3, 0.4) is 0 Å². The van der Waals surface area contributed by atoms with E-state index in [0.717, 1.165) is 67.4 Å². The number of amides is 1. The second-order valence-corrected chi connectivity index (χ2v) is 8.16. The minimum atomic E-state index is -0.230. The van der Waals surface area contributed by atoms with Gasteiger partial charge in [0.05, 0.1) is 18.6 Å². The second kappa shape index (κ2) is 6.81. The first-order chi connectivity index (χ1) is 13.2. The molecular weight excluding hydrogens is 364 g/mol. The highest BCUT2D eigenvalue weighted by Gasteiger charge is 2.24. The van der Waals surface area contributed by atoms with E-state index < -0.39 is 0 Å². The van der Waals surface area contributed by atoms with E-state index in [1.54, 1.807) is 15.9 Å². The predicted octanol–water partition coefficient (Wildman–Crippen LogP) is 1.20. The Hall–Kier alpha value is -2.10. The average molecular weight is 386 g/mol. The van der Waals surface area contributed by atoms with Crippen molar-refractivity contribution in [3.8, 4) is 0 Å². The number of ether oxygens (including phenoxy) is 1. The fourth-order valence-electron chi connectivity index (χ4n) is 3.92. The van der Waals surface area contributed by atoms with E-state index in [1.165, 1.54) is 16.9 Å². The van der Waals surface area contributed by atoms with E-state index in [9.17, 15) is 4.79 Å². The summed E-state index contributed by atoms with van der Waals surface area (Å²) in [4.78, 5) is 26.5. The van der Waals surface area contributed by atoms with E-state index in [2.05, 4.69) is 20.3 Å². The van der Waals surface area contributed by atoms with Gasteiger partial charge in [-0.15, -0.1) is 16.4 Å². The second-order valence-electron chi connectivity index (χ2n) is 7.08. The molecule has 1 aliphatic carbocycles. The van der Waals surface area contributed by atoms with Gasteiger partial charge in [0.25, 0.3) is 5.91 Å². The lowest BCUT2D eigenvalue weighted by atomic mass is 10.2. The van der Waals surface area contributed by atoms with Gasteiger partial charge in [-0.25, -0.2) is 9.97 Å². The molecule has 5 rings (SSSR count). The van der Waals surface area contributed by atoms with Crippen molar-refractivity contribution in [3.05, 3.63) is 22.1 Å². The van der Waals surface area contributed by atoms with Crippen molar-refractivity contribution in [2.45, 2.75) is 26.2 Å². The van der Waals surface area contributed by atoms with Gasteiger partial charge in [0.2, 0.25) is 5.82 Å². The van der Waals surface area contributed by atoms with Crippen molar-refractivity contribution in [2.24, 2.45) is 0 Å². The van der Waals surface area contributed by atoms with Gasteiger partial charge in [-0.1, -0.05) is 0 Å². The van der Waals surface area contributed by atoms with E-state index in [4.69, 9.17) is 9.72 Å². The number of morpholine rings is 1. The number of thiophene rings is 1. The molecule has 0 saturated carbocycles. The van der Waals surface area contributed by atoms with Crippen LogP contribution in [0.15, 0.2) is 0 Å². The fraction of sp³-hybridized carbons (Fsp3) is 0.556. The number of nitrogens with one attached hydrogen (secondary N) is 1. The van der Waals surface area contributed by atoms with Gasteiger partial charge in [0.15, 0.2) is 5.65 Å². The summed E-state index contributed by atoms with van der Waals surface area (Å²) in [6.07, 6.45) is 3.36. The van der Waals surface area contributed by atoms with E-state index in [1.807, 2.05) is 6.92 Å². The SMILES string of the molecule is Cc1nc2sc3c(c2c2nc(C(=O)NCCN4CCOCC4)nn12)CCC3. The Morgan fingerprint density at radius 1 is 1.26 bits per heavy atom. The van der Waals surface area contributed by atoms with Crippen molar-refractivity contribution < 1.29 is 9.53 Å². The smallest absolute Gasteiger partial charge is 0.291 e. The lowest BCUT2D eigenvalue weighted by Gasteiger charge is -2.26. The van der Waals surface area contributed by atoms with E-state index in [-0.39, 0.29) is 11.7 Å². The fourth-order valence-corrected chi connectivity index (χ4v) is 5.22. The summed E-state index contributed by atoms with van der Waals surface area (Å²) >= 11 is 1.75. The van der Waals surface area contributed by atoms with Crippen LogP contribution in [0.25, 0.3) is 15.9 Å². The lowest BCUT2D eigenvalue weighted by Crippen LogP contribution is -2.41. The molecule has 1 saturated heterocycles. The molecule has 3 aromatic rings. The first kappa shape index (κ1) is 17.0. The highest BCUT2D eigenvalue weighted by Crippen LogP contribution is 2.38. The molecule has 1 fully saturated rings. The highest BCUT2D eigenvalue weighted by atomic mass is 32.1. The van der Waals surface area contributed by atoms with Crippen molar-refractivity contribution >= 4 is 33.1 Å². The Morgan fingerprint density at radius 3 is 2.96 bits per heavy atom. The topological polar surface area (TPSA) is 84.7 Å². The highest BCUT2D eigenvalue weighted by molar-refractivity contribution is 7.19. The first-order valence-corrected chi connectivity index (χ1v) is 10.3. The maximum absolute atomic E-state index is 12.6. The maximum atomic E-state index is 12.6. The molecule has 8 nitrogen and oxygen atoms in total. The number of hydrogen-bond acceptors (Lipinski definition) is 7. The molecular formula is C18H22N6O2S. The van der Waals surface area contributed by atoms with Gasteiger partial charge < -0.3 is 10.1 Å². The Bertz CT molecular complexity index is 1020. The Balaban J connectivity index is 1.39. The van der Waals surface area contributed by atoms with Crippen LogP contribution >= 0.6 is 11.3 Å². The molecule has 27 heavy (non-hydrogen) atoms. The quantitative estimate of drug-likeness (QED) is 0.725. The van der Waals surface area contributed by atoms with Crippen LogP contribution in [-0.2, 0) is 17.6 Å². The van der Waals surface area contributed by atoms with Crippen molar-refractivity contribution in [1.82, 2.24) is 29.8 Å². The monoisotopic (exact) mass is 386 g/mol. The van der Waals surface area contributed by atoms with Crippen molar-refractivity contribution in [1.29, 1.82) is 0 Å². The van der Waals surface area contributed by atoms with E-state index >= 15 is 0 Å². The largest absolute Gasteiger partial charge is 0.379 e. The summed E-state index contributed by atoms with van der Waals surface area (Å²) in [7, 11) is 0. The summed E-state index contributed by atoms with van der Waals surface area (Å²) in [6.45, 7) is 6.64. The molecule has 0 radical (unpaired) electrons. The van der Waals surface area contributed by atoms with Gasteiger partial charge in [-0.3, -0.25) is 9.69 Å². The number of aryl methyl sites for hydroxylation is 3.